The maximum absolute atomic E-state index is 12.4. The lowest BCUT2D eigenvalue weighted by atomic mass is 10.0. The van der Waals surface area contributed by atoms with Gasteiger partial charge in [-0.05, 0) is 57.0 Å². The van der Waals surface area contributed by atoms with Gasteiger partial charge in [-0.15, -0.1) is 0 Å². The molecule has 4 nitrogen and oxygen atoms in total. The Morgan fingerprint density at radius 3 is 2.24 bits per heavy atom. The lowest BCUT2D eigenvalue weighted by Crippen LogP contribution is -2.30. The minimum atomic E-state index is -0.984. The molecule has 0 heterocycles. The average molecular weight is 380 g/mol. The molecule has 0 spiro atoms. The van der Waals surface area contributed by atoms with Crippen LogP contribution in [-0.2, 0) is 9.53 Å². The molecule has 0 bridgehead atoms. The van der Waals surface area contributed by atoms with E-state index in [0.717, 1.165) is 22.4 Å². The van der Waals surface area contributed by atoms with Crippen molar-refractivity contribution in [3.05, 3.63) is 62.6 Å². The van der Waals surface area contributed by atoms with Crippen molar-refractivity contribution in [2.24, 2.45) is 0 Å². The van der Waals surface area contributed by atoms with Crippen LogP contribution in [0.4, 0.5) is 5.69 Å². The van der Waals surface area contributed by atoms with Crippen LogP contribution in [0.25, 0.3) is 0 Å². The number of amides is 1. The zero-order valence-electron chi connectivity index (χ0n) is 14.4. The number of hydrogen-bond acceptors (Lipinski definition) is 3. The molecule has 2 aromatic carbocycles. The summed E-state index contributed by atoms with van der Waals surface area (Å²) in [5.74, 6) is -1.12. The molecule has 25 heavy (non-hydrogen) atoms. The highest BCUT2D eigenvalue weighted by atomic mass is 35.5. The van der Waals surface area contributed by atoms with Gasteiger partial charge in [0.05, 0.1) is 10.6 Å². The molecule has 0 aromatic heterocycles. The predicted molar refractivity (Wildman–Crippen MR) is 101 cm³/mol. The molecule has 1 atom stereocenters. The number of ether oxygens (including phenoxy) is 1. The van der Waals surface area contributed by atoms with E-state index in [4.69, 9.17) is 27.9 Å². The Balaban J connectivity index is 2.10. The van der Waals surface area contributed by atoms with E-state index < -0.39 is 18.0 Å². The molecule has 0 aliphatic heterocycles. The van der Waals surface area contributed by atoms with E-state index in [0.29, 0.717) is 5.02 Å². The lowest BCUT2D eigenvalue weighted by Gasteiger charge is -2.17. The lowest BCUT2D eigenvalue weighted by molar-refractivity contribution is -0.123. The van der Waals surface area contributed by atoms with E-state index in [1.807, 2.05) is 32.9 Å². The first-order chi connectivity index (χ1) is 11.7. The summed E-state index contributed by atoms with van der Waals surface area (Å²) in [6.45, 7) is 7.32. The van der Waals surface area contributed by atoms with E-state index in [-0.39, 0.29) is 10.6 Å². The number of anilines is 1. The second-order valence-corrected chi connectivity index (χ2v) is 6.78. The number of halogens is 2. The van der Waals surface area contributed by atoms with Crippen molar-refractivity contribution in [3.8, 4) is 0 Å². The zero-order valence-corrected chi connectivity index (χ0v) is 16.0. The molecule has 0 radical (unpaired) electrons. The minimum absolute atomic E-state index is 0.122. The Hall–Kier alpha value is -2.04. The first kappa shape index (κ1) is 19.3. The number of carbonyl (C=O) groups excluding carboxylic acids is 2. The van der Waals surface area contributed by atoms with Gasteiger partial charge >= 0.3 is 5.97 Å². The van der Waals surface area contributed by atoms with Crippen LogP contribution < -0.4 is 5.32 Å². The Bertz CT molecular complexity index is 810. The van der Waals surface area contributed by atoms with Gasteiger partial charge < -0.3 is 10.1 Å². The van der Waals surface area contributed by atoms with Crippen LogP contribution in [0.2, 0.25) is 10.0 Å². The van der Waals surface area contributed by atoms with Crippen LogP contribution in [0.3, 0.4) is 0 Å². The molecule has 2 aromatic rings. The van der Waals surface area contributed by atoms with Crippen LogP contribution in [0.1, 0.15) is 34.0 Å². The van der Waals surface area contributed by atoms with E-state index in [1.54, 1.807) is 6.07 Å². The molecule has 0 fully saturated rings. The fraction of sp³-hybridized carbons (Fsp3) is 0.263. The fourth-order valence-electron chi connectivity index (χ4n) is 2.53. The SMILES string of the molecule is Cc1cc(C)c(NC(=O)[C@@H](C)OC(=O)c2cc(Cl)ccc2Cl)c(C)c1. The highest BCUT2D eigenvalue weighted by molar-refractivity contribution is 6.35. The van der Waals surface area contributed by atoms with Gasteiger partial charge in [-0.1, -0.05) is 40.9 Å². The fourth-order valence-corrected chi connectivity index (χ4v) is 2.90. The van der Waals surface area contributed by atoms with Gasteiger partial charge in [-0.25, -0.2) is 4.79 Å². The first-order valence-electron chi connectivity index (χ1n) is 7.73. The summed E-state index contributed by atoms with van der Waals surface area (Å²) in [5, 5.41) is 3.39. The number of benzene rings is 2. The summed E-state index contributed by atoms with van der Waals surface area (Å²) in [6, 6.07) is 8.44. The monoisotopic (exact) mass is 379 g/mol. The van der Waals surface area contributed by atoms with Crippen molar-refractivity contribution in [2.45, 2.75) is 33.8 Å². The quantitative estimate of drug-likeness (QED) is 0.751. The molecule has 0 saturated heterocycles. The van der Waals surface area contributed by atoms with Crippen LogP contribution >= 0.6 is 23.2 Å². The van der Waals surface area contributed by atoms with Gasteiger partial charge in [0.1, 0.15) is 0 Å². The average Bonchev–Trinajstić information content (AvgIpc) is 2.52. The van der Waals surface area contributed by atoms with Crippen molar-refractivity contribution in [1.29, 1.82) is 0 Å². The van der Waals surface area contributed by atoms with E-state index in [9.17, 15) is 9.59 Å². The Kier molecular flexibility index (Phi) is 6.09. The third kappa shape index (κ3) is 4.74. The Morgan fingerprint density at radius 1 is 1.04 bits per heavy atom. The molecular formula is C19H19Cl2NO3. The number of hydrogen-bond donors (Lipinski definition) is 1. The predicted octanol–water partition coefficient (Wildman–Crippen LogP) is 5.10. The molecule has 1 amide bonds. The second kappa shape index (κ2) is 7.89. The molecule has 132 valence electrons. The molecule has 0 saturated carbocycles. The van der Waals surface area contributed by atoms with E-state index in [1.165, 1.54) is 19.1 Å². The maximum atomic E-state index is 12.4. The smallest absolute Gasteiger partial charge is 0.340 e. The van der Waals surface area contributed by atoms with E-state index in [2.05, 4.69) is 5.32 Å². The number of nitrogens with one attached hydrogen (secondary N) is 1. The third-order valence-electron chi connectivity index (χ3n) is 3.73. The normalized spacial score (nSPS) is 11.8. The highest BCUT2D eigenvalue weighted by Crippen LogP contribution is 2.24. The van der Waals surface area contributed by atoms with Crippen molar-refractivity contribution in [2.75, 3.05) is 5.32 Å². The van der Waals surface area contributed by atoms with Gasteiger partial charge in [0.25, 0.3) is 5.91 Å². The van der Waals surface area contributed by atoms with Crippen molar-refractivity contribution >= 4 is 40.8 Å². The standard InChI is InChI=1S/C19H19Cl2NO3/c1-10-7-11(2)17(12(3)8-10)22-18(23)13(4)25-19(24)15-9-14(20)5-6-16(15)21/h5-9,13H,1-4H3,(H,22,23)/t13-/m1/s1. The van der Waals surface area contributed by atoms with Crippen molar-refractivity contribution < 1.29 is 14.3 Å². The topological polar surface area (TPSA) is 55.4 Å². The van der Waals surface area contributed by atoms with Crippen LogP contribution in [0.5, 0.6) is 0 Å². The summed E-state index contributed by atoms with van der Waals surface area (Å²) < 4.78 is 5.22. The summed E-state index contributed by atoms with van der Waals surface area (Å²) in [4.78, 5) is 24.6. The summed E-state index contributed by atoms with van der Waals surface area (Å²) >= 11 is 11.8. The Labute approximate surface area is 157 Å². The molecule has 6 heteroatoms. The summed E-state index contributed by atoms with van der Waals surface area (Å²) in [6.07, 6.45) is -0.984. The number of carbonyl (C=O) groups is 2. The second-order valence-electron chi connectivity index (χ2n) is 5.93. The third-order valence-corrected chi connectivity index (χ3v) is 4.29. The Morgan fingerprint density at radius 2 is 1.64 bits per heavy atom. The van der Waals surface area contributed by atoms with Crippen molar-refractivity contribution in [3.63, 3.8) is 0 Å². The largest absolute Gasteiger partial charge is 0.449 e. The zero-order chi connectivity index (χ0) is 18.7. The van der Waals surface area contributed by atoms with Crippen LogP contribution in [-0.4, -0.2) is 18.0 Å². The molecular weight excluding hydrogens is 361 g/mol. The minimum Gasteiger partial charge on any atom is -0.449 e. The first-order valence-corrected chi connectivity index (χ1v) is 8.49. The molecule has 0 aliphatic rings. The van der Waals surface area contributed by atoms with Gasteiger partial charge in [0, 0.05) is 10.7 Å². The highest BCUT2D eigenvalue weighted by Gasteiger charge is 2.22. The van der Waals surface area contributed by atoms with Crippen LogP contribution in [0.15, 0.2) is 30.3 Å². The van der Waals surface area contributed by atoms with E-state index >= 15 is 0 Å². The number of aryl methyl sites for hydroxylation is 3. The van der Waals surface area contributed by atoms with Gasteiger partial charge in [-0.3, -0.25) is 4.79 Å². The van der Waals surface area contributed by atoms with Crippen LogP contribution in [0, 0.1) is 20.8 Å². The van der Waals surface area contributed by atoms with Gasteiger partial charge in [-0.2, -0.15) is 0 Å². The summed E-state index contributed by atoms with van der Waals surface area (Å²) in [7, 11) is 0. The van der Waals surface area contributed by atoms with Gasteiger partial charge in [0.2, 0.25) is 0 Å². The number of esters is 1. The van der Waals surface area contributed by atoms with Gasteiger partial charge in [0.15, 0.2) is 6.10 Å². The molecule has 0 unspecified atom stereocenters. The van der Waals surface area contributed by atoms with Crippen molar-refractivity contribution in [1.82, 2.24) is 0 Å². The molecule has 2 rings (SSSR count). The number of rotatable bonds is 4. The molecule has 0 aliphatic carbocycles. The molecule has 1 N–H and O–H groups in total. The maximum Gasteiger partial charge on any atom is 0.340 e. The summed E-state index contributed by atoms with van der Waals surface area (Å²) in [5.41, 5.74) is 3.85.